The van der Waals surface area contributed by atoms with Crippen LogP contribution in [0.15, 0.2) is 66.7 Å². The second-order valence-corrected chi connectivity index (χ2v) is 9.45. The topological polar surface area (TPSA) is 165 Å². The lowest BCUT2D eigenvalue weighted by Crippen LogP contribution is -2.38. The summed E-state index contributed by atoms with van der Waals surface area (Å²) in [5.41, 5.74) is 19.4. The highest BCUT2D eigenvalue weighted by Crippen LogP contribution is 2.30. The Balaban J connectivity index is 1.54. The molecule has 1 fully saturated rings. The van der Waals surface area contributed by atoms with Crippen LogP contribution in [-0.2, 0) is 6.61 Å². The van der Waals surface area contributed by atoms with Crippen molar-refractivity contribution in [2.24, 2.45) is 23.1 Å². The zero-order valence-electron chi connectivity index (χ0n) is 21.3. The van der Waals surface area contributed by atoms with Crippen molar-refractivity contribution in [1.29, 1.82) is 10.8 Å². The van der Waals surface area contributed by atoms with Crippen molar-refractivity contribution in [3.8, 4) is 17.2 Å². The van der Waals surface area contributed by atoms with Crippen LogP contribution >= 0.6 is 0 Å². The van der Waals surface area contributed by atoms with Crippen LogP contribution < -0.4 is 26.7 Å². The lowest BCUT2D eigenvalue weighted by Gasteiger charge is -2.32. The Morgan fingerprint density at radius 1 is 0.816 bits per heavy atom. The molecule has 38 heavy (non-hydrogen) atoms. The minimum Gasteiger partial charge on any atom is -0.489 e. The molecular formula is C29H34N6O3. The van der Waals surface area contributed by atoms with E-state index in [0.717, 1.165) is 24.8 Å². The molecule has 0 aromatic heterocycles. The van der Waals surface area contributed by atoms with Crippen LogP contribution in [0.5, 0.6) is 17.2 Å². The number of likely N-dealkylation sites (tertiary alicyclic amines) is 1. The fraction of sp³-hybridized carbons (Fsp3) is 0.276. The van der Waals surface area contributed by atoms with Crippen molar-refractivity contribution in [3.63, 3.8) is 0 Å². The molecule has 0 saturated carbocycles. The number of nitrogen functional groups attached to an aromatic ring is 2. The monoisotopic (exact) mass is 514 g/mol. The summed E-state index contributed by atoms with van der Waals surface area (Å²) in [6, 6.07) is 19.3. The van der Waals surface area contributed by atoms with Gasteiger partial charge in [0.05, 0.1) is 0 Å². The maximum Gasteiger partial charge on any atom is 0.254 e. The summed E-state index contributed by atoms with van der Waals surface area (Å²) in [7, 11) is 0. The first-order chi connectivity index (χ1) is 18.3. The molecular weight excluding hydrogens is 480 g/mol. The largest absolute Gasteiger partial charge is 0.489 e. The summed E-state index contributed by atoms with van der Waals surface area (Å²) in [6.07, 6.45) is 2.88. The van der Waals surface area contributed by atoms with E-state index in [2.05, 4.69) is 0 Å². The Morgan fingerprint density at radius 3 is 1.97 bits per heavy atom. The predicted molar refractivity (Wildman–Crippen MR) is 148 cm³/mol. The Morgan fingerprint density at radius 2 is 1.39 bits per heavy atom. The van der Waals surface area contributed by atoms with E-state index in [0.29, 0.717) is 59.5 Å². The number of ether oxygens (including phenoxy) is 2. The van der Waals surface area contributed by atoms with Gasteiger partial charge in [0.2, 0.25) is 0 Å². The fourth-order valence-electron chi connectivity index (χ4n) is 4.47. The van der Waals surface area contributed by atoms with E-state index in [1.54, 1.807) is 54.6 Å². The fourth-order valence-corrected chi connectivity index (χ4v) is 4.47. The molecule has 1 heterocycles. The van der Waals surface area contributed by atoms with Crippen molar-refractivity contribution in [1.82, 2.24) is 4.90 Å². The van der Waals surface area contributed by atoms with Gasteiger partial charge in [-0.15, -0.1) is 0 Å². The number of carbonyl (C=O) groups is 1. The number of carbonyl (C=O) groups excluding carboxylic acids is 1. The Kier molecular flexibility index (Phi) is 8.60. The third-order valence-electron chi connectivity index (χ3n) is 6.68. The van der Waals surface area contributed by atoms with E-state index >= 15 is 0 Å². The highest BCUT2D eigenvalue weighted by atomic mass is 16.5. The molecule has 9 nitrogen and oxygen atoms in total. The standard InChI is InChI=1S/C29H34N6O3/c30-12-9-19-10-13-35(14-11-19)29(36)23-15-25(37-18-20-1-3-21(4-2-20)27(31)32)17-26(16-23)38-24-7-5-22(6-8-24)28(33)34/h1-8,15-17,19H,9-14,18,30H2,(H3,31,32)(H3,33,34). The molecule has 0 aliphatic carbocycles. The zero-order chi connectivity index (χ0) is 27.1. The molecule has 1 amide bonds. The number of benzene rings is 3. The van der Waals surface area contributed by atoms with Gasteiger partial charge in [-0.3, -0.25) is 15.6 Å². The molecule has 198 valence electrons. The highest BCUT2D eigenvalue weighted by Gasteiger charge is 2.24. The quantitative estimate of drug-likeness (QED) is 0.204. The van der Waals surface area contributed by atoms with Crippen molar-refractivity contribution in [2.75, 3.05) is 19.6 Å². The van der Waals surface area contributed by atoms with Crippen LogP contribution in [0.2, 0.25) is 0 Å². The number of nitrogens with zero attached hydrogens (tertiary/aromatic N) is 1. The third-order valence-corrected chi connectivity index (χ3v) is 6.68. The molecule has 0 radical (unpaired) electrons. The molecule has 0 spiro atoms. The van der Waals surface area contributed by atoms with Gasteiger partial charge in [0.1, 0.15) is 35.5 Å². The SMILES string of the molecule is N=C(N)c1ccc(COc2cc(Oc3ccc(C(=N)N)cc3)cc(C(=O)N3CCC(CCN)CC3)c2)cc1. The van der Waals surface area contributed by atoms with Gasteiger partial charge in [-0.05, 0) is 73.7 Å². The van der Waals surface area contributed by atoms with E-state index in [4.69, 9.17) is 37.5 Å². The van der Waals surface area contributed by atoms with Crippen LogP contribution in [0.1, 0.15) is 46.3 Å². The highest BCUT2D eigenvalue weighted by molar-refractivity contribution is 5.96. The summed E-state index contributed by atoms with van der Waals surface area (Å²) in [5, 5.41) is 15.1. The molecule has 1 saturated heterocycles. The number of hydrogen-bond donors (Lipinski definition) is 5. The molecule has 0 bridgehead atoms. The molecule has 1 aliphatic rings. The zero-order valence-corrected chi connectivity index (χ0v) is 21.3. The summed E-state index contributed by atoms with van der Waals surface area (Å²) in [6.45, 7) is 2.33. The smallest absolute Gasteiger partial charge is 0.254 e. The average molecular weight is 515 g/mol. The normalized spacial score (nSPS) is 13.7. The average Bonchev–Trinajstić information content (AvgIpc) is 2.92. The maximum atomic E-state index is 13.4. The summed E-state index contributed by atoms with van der Waals surface area (Å²) < 4.78 is 12.1. The van der Waals surface area contributed by atoms with E-state index in [-0.39, 0.29) is 24.2 Å². The number of nitrogens with two attached hydrogens (primary N) is 3. The van der Waals surface area contributed by atoms with Gasteiger partial charge in [-0.2, -0.15) is 0 Å². The second kappa shape index (κ2) is 12.2. The lowest BCUT2D eigenvalue weighted by molar-refractivity contribution is 0.0687. The molecule has 8 N–H and O–H groups in total. The number of nitrogens with one attached hydrogen (secondary N) is 2. The first kappa shape index (κ1) is 26.7. The van der Waals surface area contributed by atoms with Gasteiger partial charge in [0, 0.05) is 35.8 Å². The van der Waals surface area contributed by atoms with Gasteiger partial charge in [-0.25, -0.2) is 0 Å². The third kappa shape index (κ3) is 6.89. The summed E-state index contributed by atoms with van der Waals surface area (Å²) in [5.74, 6) is 1.99. The Hall–Kier alpha value is -4.37. The van der Waals surface area contributed by atoms with Crippen LogP contribution in [-0.4, -0.2) is 42.1 Å². The maximum absolute atomic E-state index is 13.4. The number of amides is 1. The van der Waals surface area contributed by atoms with Gasteiger partial charge >= 0.3 is 0 Å². The van der Waals surface area contributed by atoms with E-state index in [1.165, 1.54) is 0 Å². The van der Waals surface area contributed by atoms with Crippen LogP contribution in [0.3, 0.4) is 0 Å². The van der Waals surface area contributed by atoms with Gasteiger partial charge < -0.3 is 31.6 Å². The minimum atomic E-state index is -0.0655. The molecule has 4 rings (SSSR count). The molecule has 1 aliphatic heterocycles. The van der Waals surface area contributed by atoms with E-state index in [9.17, 15) is 4.79 Å². The predicted octanol–water partition coefficient (Wildman–Crippen LogP) is 3.83. The molecule has 0 atom stereocenters. The molecule has 3 aromatic carbocycles. The van der Waals surface area contributed by atoms with Crippen LogP contribution in [0, 0.1) is 16.7 Å². The van der Waals surface area contributed by atoms with Gasteiger partial charge in [0.25, 0.3) is 5.91 Å². The van der Waals surface area contributed by atoms with E-state index < -0.39 is 0 Å². The number of amidine groups is 2. The van der Waals surface area contributed by atoms with Crippen molar-refractivity contribution < 1.29 is 14.3 Å². The Bertz CT molecular complexity index is 1280. The first-order valence-electron chi connectivity index (χ1n) is 12.6. The van der Waals surface area contributed by atoms with E-state index in [1.807, 2.05) is 17.0 Å². The summed E-state index contributed by atoms with van der Waals surface area (Å²) >= 11 is 0. The minimum absolute atomic E-state index is 0.00821. The molecule has 3 aromatic rings. The number of rotatable bonds is 10. The Labute approximate surface area is 222 Å². The molecule has 0 unspecified atom stereocenters. The van der Waals surface area contributed by atoms with Crippen LogP contribution in [0.4, 0.5) is 0 Å². The lowest BCUT2D eigenvalue weighted by atomic mass is 9.93. The van der Waals surface area contributed by atoms with Crippen LogP contribution in [0.25, 0.3) is 0 Å². The second-order valence-electron chi connectivity index (χ2n) is 9.45. The van der Waals surface area contributed by atoms with Crippen molar-refractivity contribution in [2.45, 2.75) is 25.9 Å². The summed E-state index contributed by atoms with van der Waals surface area (Å²) in [4.78, 5) is 15.3. The first-order valence-corrected chi connectivity index (χ1v) is 12.6. The van der Waals surface area contributed by atoms with Gasteiger partial charge in [0.15, 0.2) is 0 Å². The van der Waals surface area contributed by atoms with Crippen molar-refractivity contribution >= 4 is 17.6 Å². The number of hydrogen-bond acceptors (Lipinski definition) is 6. The molecule has 9 heteroatoms. The number of piperidine rings is 1. The van der Waals surface area contributed by atoms with Crippen molar-refractivity contribution in [3.05, 3.63) is 89.0 Å². The van der Waals surface area contributed by atoms with Gasteiger partial charge in [-0.1, -0.05) is 24.3 Å².